The topological polar surface area (TPSA) is 75.6 Å². The van der Waals surface area contributed by atoms with E-state index in [4.69, 9.17) is 4.74 Å². The summed E-state index contributed by atoms with van der Waals surface area (Å²) in [6.07, 6.45) is 2.65. The molecule has 5 nitrogen and oxygen atoms in total. The van der Waals surface area contributed by atoms with Crippen LogP contribution >= 0.6 is 0 Å². The number of hydrogen-bond acceptors (Lipinski definition) is 4. The van der Waals surface area contributed by atoms with Gasteiger partial charge in [-0.25, -0.2) is 0 Å². The lowest BCUT2D eigenvalue weighted by Gasteiger charge is -2.31. The summed E-state index contributed by atoms with van der Waals surface area (Å²) in [5.74, 6) is -1.53. The molecule has 1 atom stereocenters. The molecule has 1 rings (SSSR count). The summed E-state index contributed by atoms with van der Waals surface area (Å²) in [6, 6.07) is 0.0465. The van der Waals surface area contributed by atoms with Gasteiger partial charge in [0, 0.05) is 6.04 Å². The molecular weight excluding hydrogens is 258 g/mol. The van der Waals surface area contributed by atoms with E-state index in [0.29, 0.717) is 12.8 Å². The maximum atomic E-state index is 12.4. The van der Waals surface area contributed by atoms with E-state index in [0.717, 1.165) is 12.8 Å². The van der Waals surface area contributed by atoms with Gasteiger partial charge in [0.2, 0.25) is 5.91 Å². The van der Waals surface area contributed by atoms with Gasteiger partial charge in [-0.15, -0.1) is 0 Å². The van der Waals surface area contributed by atoms with Crippen molar-refractivity contribution in [2.75, 3.05) is 6.61 Å². The first-order valence-electron chi connectivity index (χ1n) is 7.40. The Morgan fingerprint density at radius 1 is 1.25 bits per heavy atom. The molecule has 0 aromatic carbocycles. The molecule has 1 aliphatic rings. The number of esters is 1. The third-order valence-corrected chi connectivity index (χ3v) is 3.69. The van der Waals surface area contributed by atoms with Crippen LogP contribution in [-0.4, -0.2) is 35.7 Å². The minimum atomic E-state index is -0.797. The average Bonchev–Trinajstić information content (AvgIpc) is 2.30. The van der Waals surface area contributed by atoms with E-state index in [1.54, 1.807) is 6.92 Å². The number of aliphatic hydroxyl groups excluding tert-OH is 1. The molecule has 1 aliphatic carbocycles. The van der Waals surface area contributed by atoms with Crippen LogP contribution in [0, 0.1) is 11.3 Å². The first kappa shape index (κ1) is 17.0. The van der Waals surface area contributed by atoms with Crippen LogP contribution in [0.1, 0.15) is 53.4 Å². The molecule has 0 aromatic heterocycles. The minimum Gasteiger partial charge on any atom is -0.465 e. The van der Waals surface area contributed by atoms with E-state index in [1.165, 1.54) is 0 Å². The van der Waals surface area contributed by atoms with E-state index >= 15 is 0 Å². The van der Waals surface area contributed by atoms with E-state index in [2.05, 4.69) is 5.32 Å². The maximum absolute atomic E-state index is 12.4. The summed E-state index contributed by atoms with van der Waals surface area (Å²) < 4.78 is 5.02. The average molecular weight is 285 g/mol. The molecule has 20 heavy (non-hydrogen) atoms. The highest BCUT2D eigenvalue weighted by molar-refractivity contribution is 5.98. The Balaban J connectivity index is 2.66. The monoisotopic (exact) mass is 285 g/mol. The first-order valence-corrected chi connectivity index (χ1v) is 7.40. The second-order valence-electron chi connectivity index (χ2n) is 6.57. The molecule has 1 amide bonds. The fourth-order valence-electron chi connectivity index (χ4n) is 2.58. The lowest BCUT2D eigenvalue weighted by Crippen LogP contribution is -2.48. The highest BCUT2D eigenvalue weighted by Crippen LogP contribution is 2.28. The molecule has 0 heterocycles. The summed E-state index contributed by atoms with van der Waals surface area (Å²) in [4.78, 5) is 24.4. The zero-order chi connectivity index (χ0) is 15.3. The molecular formula is C15H27NO4. The number of hydrogen-bond donors (Lipinski definition) is 2. The van der Waals surface area contributed by atoms with Crippen molar-refractivity contribution in [2.45, 2.75) is 65.5 Å². The number of amides is 1. The third kappa shape index (κ3) is 4.78. The van der Waals surface area contributed by atoms with E-state index in [1.807, 2.05) is 20.8 Å². The molecule has 0 spiro atoms. The van der Waals surface area contributed by atoms with E-state index < -0.39 is 17.3 Å². The van der Waals surface area contributed by atoms with Crippen LogP contribution in [0.25, 0.3) is 0 Å². The van der Waals surface area contributed by atoms with Crippen LogP contribution in [0.2, 0.25) is 0 Å². The summed E-state index contributed by atoms with van der Waals surface area (Å²) in [5.41, 5.74) is -0.482. The Kier molecular flexibility index (Phi) is 5.99. The standard InChI is InChI=1S/C15H27NO4/c1-5-20-14(19)12(15(2,3)4)13(18)16-10-6-8-11(17)9-7-10/h10-12,17H,5-9H2,1-4H3,(H,16,18). The van der Waals surface area contributed by atoms with Gasteiger partial charge in [0.15, 0.2) is 0 Å². The summed E-state index contributed by atoms with van der Waals surface area (Å²) in [7, 11) is 0. The van der Waals surface area contributed by atoms with Gasteiger partial charge in [-0.2, -0.15) is 0 Å². The summed E-state index contributed by atoms with van der Waals surface area (Å²) in [6.45, 7) is 7.59. The fraction of sp³-hybridized carbons (Fsp3) is 0.867. The first-order chi connectivity index (χ1) is 9.25. The number of carbonyl (C=O) groups excluding carboxylic acids is 2. The molecule has 0 radical (unpaired) electrons. The van der Waals surface area contributed by atoms with Gasteiger partial charge in [0.05, 0.1) is 12.7 Å². The van der Waals surface area contributed by atoms with Crippen LogP contribution < -0.4 is 5.32 Å². The van der Waals surface area contributed by atoms with Crippen molar-refractivity contribution in [3.05, 3.63) is 0 Å². The lowest BCUT2D eigenvalue weighted by molar-refractivity contribution is -0.157. The van der Waals surface area contributed by atoms with Crippen LogP contribution in [0.15, 0.2) is 0 Å². The highest BCUT2D eigenvalue weighted by atomic mass is 16.5. The zero-order valence-corrected chi connectivity index (χ0v) is 12.9. The Morgan fingerprint density at radius 2 is 1.80 bits per heavy atom. The molecule has 0 bridgehead atoms. The van der Waals surface area contributed by atoms with Gasteiger partial charge in [0.25, 0.3) is 0 Å². The molecule has 1 fully saturated rings. The van der Waals surface area contributed by atoms with Crippen molar-refractivity contribution in [3.8, 4) is 0 Å². The fourth-order valence-corrected chi connectivity index (χ4v) is 2.58. The molecule has 1 unspecified atom stereocenters. The molecule has 0 aromatic rings. The zero-order valence-electron chi connectivity index (χ0n) is 12.9. The third-order valence-electron chi connectivity index (χ3n) is 3.69. The number of rotatable bonds is 4. The van der Waals surface area contributed by atoms with Crippen molar-refractivity contribution in [1.82, 2.24) is 5.32 Å². The largest absolute Gasteiger partial charge is 0.465 e. The van der Waals surface area contributed by atoms with Crippen LogP contribution in [0.5, 0.6) is 0 Å². The second kappa shape index (κ2) is 7.07. The van der Waals surface area contributed by atoms with Crippen LogP contribution in [0.3, 0.4) is 0 Å². The Morgan fingerprint density at radius 3 is 2.25 bits per heavy atom. The van der Waals surface area contributed by atoms with Gasteiger partial charge >= 0.3 is 5.97 Å². The molecule has 5 heteroatoms. The molecule has 2 N–H and O–H groups in total. The SMILES string of the molecule is CCOC(=O)C(C(=O)NC1CCC(O)CC1)C(C)(C)C. The van der Waals surface area contributed by atoms with Gasteiger partial charge < -0.3 is 15.2 Å². The summed E-state index contributed by atoms with van der Waals surface area (Å²) >= 11 is 0. The van der Waals surface area contributed by atoms with Gasteiger partial charge in [-0.1, -0.05) is 20.8 Å². The van der Waals surface area contributed by atoms with E-state index in [-0.39, 0.29) is 24.7 Å². The number of ether oxygens (including phenoxy) is 1. The normalized spacial score (nSPS) is 24.9. The van der Waals surface area contributed by atoms with Gasteiger partial charge in [-0.3, -0.25) is 9.59 Å². The number of aliphatic hydroxyl groups is 1. The smallest absolute Gasteiger partial charge is 0.319 e. The maximum Gasteiger partial charge on any atom is 0.319 e. The number of carbonyl (C=O) groups is 2. The molecule has 1 saturated carbocycles. The van der Waals surface area contributed by atoms with Crippen molar-refractivity contribution in [2.24, 2.45) is 11.3 Å². The van der Waals surface area contributed by atoms with Crippen molar-refractivity contribution < 1.29 is 19.4 Å². The van der Waals surface area contributed by atoms with Crippen molar-refractivity contribution in [3.63, 3.8) is 0 Å². The Hall–Kier alpha value is -1.10. The van der Waals surface area contributed by atoms with Gasteiger partial charge in [-0.05, 0) is 38.0 Å². The van der Waals surface area contributed by atoms with Crippen molar-refractivity contribution in [1.29, 1.82) is 0 Å². The minimum absolute atomic E-state index is 0.0465. The lowest BCUT2D eigenvalue weighted by atomic mass is 9.79. The Bertz CT molecular complexity index is 340. The predicted molar refractivity (Wildman–Crippen MR) is 76.0 cm³/mol. The highest BCUT2D eigenvalue weighted by Gasteiger charge is 2.39. The predicted octanol–water partition coefficient (Wildman–Crippen LogP) is 1.63. The van der Waals surface area contributed by atoms with E-state index in [9.17, 15) is 14.7 Å². The second-order valence-corrected chi connectivity index (χ2v) is 6.57. The quantitative estimate of drug-likeness (QED) is 0.608. The molecule has 116 valence electrons. The van der Waals surface area contributed by atoms with Crippen LogP contribution in [-0.2, 0) is 14.3 Å². The molecule has 0 aliphatic heterocycles. The molecule has 0 saturated heterocycles. The summed E-state index contributed by atoms with van der Waals surface area (Å²) in [5, 5.41) is 12.4. The van der Waals surface area contributed by atoms with Gasteiger partial charge in [0.1, 0.15) is 5.92 Å². The van der Waals surface area contributed by atoms with Crippen LogP contribution in [0.4, 0.5) is 0 Å². The Labute approximate surface area is 121 Å². The number of nitrogens with one attached hydrogen (secondary N) is 1. The van der Waals surface area contributed by atoms with Crippen molar-refractivity contribution >= 4 is 11.9 Å².